The molecule has 1 aromatic rings. The zero-order valence-corrected chi connectivity index (χ0v) is 17.6. The molecule has 1 spiro atoms. The predicted octanol–water partition coefficient (Wildman–Crippen LogP) is 3.57. The van der Waals surface area contributed by atoms with E-state index in [0.29, 0.717) is 19.0 Å². The van der Waals surface area contributed by atoms with Crippen molar-refractivity contribution >= 4 is 17.6 Å². The number of ether oxygens (including phenoxy) is 1. The molecule has 158 valence electrons. The van der Waals surface area contributed by atoms with Gasteiger partial charge in [0.1, 0.15) is 6.10 Å². The number of anilines is 1. The van der Waals surface area contributed by atoms with E-state index in [1.165, 1.54) is 12.8 Å². The van der Waals surface area contributed by atoms with E-state index < -0.39 is 0 Å². The summed E-state index contributed by atoms with van der Waals surface area (Å²) in [5.74, 6) is 0.912. The fourth-order valence-corrected chi connectivity index (χ4v) is 4.68. The smallest absolute Gasteiger partial charge is 0.321 e. The number of hydrogen-bond donors (Lipinski definition) is 2. The van der Waals surface area contributed by atoms with Gasteiger partial charge in [-0.3, -0.25) is 4.79 Å². The summed E-state index contributed by atoms with van der Waals surface area (Å²) < 4.78 is 6.33. The lowest BCUT2D eigenvalue weighted by atomic mass is 9.80. The molecule has 6 nitrogen and oxygen atoms in total. The first-order valence-electron chi connectivity index (χ1n) is 11.1. The van der Waals surface area contributed by atoms with Gasteiger partial charge < -0.3 is 20.3 Å². The molecule has 3 fully saturated rings. The number of nitrogens with one attached hydrogen (secondary N) is 2. The molecule has 2 saturated heterocycles. The highest BCUT2D eigenvalue weighted by Crippen LogP contribution is 2.42. The second-order valence-corrected chi connectivity index (χ2v) is 8.94. The molecule has 6 heteroatoms. The Morgan fingerprint density at radius 1 is 1.21 bits per heavy atom. The molecule has 2 N–H and O–H groups in total. The molecule has 4 rings (SSSR count). The van der Waals surface area contributed by atoms with Crippen LogP contribution in [0.25, 0.3) is 0 Å². The summed E-state index contributed by atoms with van der Waals surface area (Å²) in [6.45, 7) is 6.32. The van der Waals surface area contributed by atoms with Crippen molar-refractivity contribution in [1.29, 1.82) is 0 Å². The third-order valence-corrected chi connectivity index (χ3v) is 6.89. The first-order valence-corrected chi connectivity index (χ1v) is 11.1. The number of amides is 3. The Kier molecular flexibility index (Phi) is 5.81. The standard InChI is InChI=1S/C23H33N3O3/c1-3-18-6-4-5-7-19(18)25-22(28)26-13-12-23(16(2)15-26)11-10-20(29-23)21(27)24-14-17-8-9-17/h4-7,16-17,20H,3,8-15H2,1-2H3,(H,24,27)(H,25,28)/t16-,20+,23-/m1/s1. The van der Waals surface area contributed by atoms with Gasteiger partial charge in [0, 0.05) is 31.2 Å². The van der Waals surface area contributed by atoms with Crippen LogP contribution in [0.4, 0.5) is 10.5 Å². The van der Waals surface area contributed by atoms with E-state index in [1.807, 2.05) is 29.2 Å². The largest absolute Gasteiger partial charge is 0.362 e. The fourth-order valence-electron chi connectivity index (χ4n) is 4.68. The molecule has 1 saturated carbocycles. The lowest BCUT2D eigenvalue weighted by Crippen LogP contribution is -2.54. The van der Waals surface area contributed by atoms with Crippen LogP contribution in [-0.2, 0) is 16.0 Å². The predicted molar refractivity (Wildman–Crippen MR) is 113 cm³/mol. The molecule has 29 heavy (non-hydrogen) atoms. The molecule has 3 atom stereocenters. The fraction of sp³-hybridized carbons (Fsp3) is 0.652. The molecule has 0 aromatic heterocycles. The number of benzene rings is 1. The van der Waals surface area contributed by atoms with Crippen molar-refractivity contribution < 1.29 is 14.3 Å². The second-order valence-electron chi connectivity index (χ2n) is 8.94. The summed E-state index contributed by atoms with van der Waals surface area (Å²) in [6.07, 6.45) is 5.45. The van der Waals surface area contributed by atoms with E-state index in [0.717, 1.165) is 43.5 Å². The zero-order chi connectivity index (χ0) is 20.4. The number of nitrogens with zero attached hydrogens (tertiary/aromatic N) is 1. The Morgan fingerprint density at radius 2 is 2.00 bits per heavy atom. The van der Waals surface area contributed by atoms with E-state index >= 15 is 0 Å². The van der Waals surface area contributed by atoms with Gasteiger partial charge in [0.05, 0.1) is 5.60 Å². The van der Waals surface area contributed by atoms with Gasteiger partial charge >= 0.3 is 6.03 Å². The number of carbonyl (C=O) groups is 2. The average Bonchev–Trinajstić information content (AvgIpc) is 3.46. The molecule has 0 radical (unpaired) electrons. The van der Waals surface area contributed by atoms with Crippen LogP contribution in [0.5, 0.6) is 0 Å². The monoisotopic (exact) mass is 399 g/mol. The summed E-state index contributed by atoms with van der Waals surface area (Å²) in [5.41, 5.74) is 1.75. The quantitative estimate of drug-likeness (QED) is 0.795. The maximum Gasteiger partial charge on any atom is 0.321 e. The van der Waals surface area contributed by atoms with Crippen LogP contribution in [0.15, 0.2) is 24.3 Å². The van der Waals surface area contributed by atoms with Crippen LogP contribution >= 0.6 is 0 Å². The third kappa shape index (κ3) is 4.42. The molecule has 1 aromatic carbocycles. The highest BCUT2D eigenvalue weighted by atomic mass is 16.5. The first kappa shape index (κ1) is 20.2. The minimum absolute atomic E-state index is 0.0392. The summed E-state index contributed by atoms with van der Waals surface area (Å²) >= 11 is 0. The topological polar surface area (TPSA) is 70.7 Å². The van der Waals surface area contributed by atoms with Crippen molar-refractivity contribution in [3.05, 3.63) is 29.8 Å². The van der Waals surface area contributed by atoms with Crippen molar-refractivity contribution in [3.63, 3.8) is 0 Å². The Hall–Kier alpha value is -2.08. The number of aryl methyl sites for hydroxylation is 1. The van der Waals surface area contributed by atoms with Crippen LogP contribution in [0.2, 0.25) is 0 Å². The first-order chi connectivity index (χ1) is 14.0. The van der Waals surface area contributed by atoms with Gasteiger partial charge in [0.2, 0.25) is 5.91 Å². The minimum Gasteiger partial charge on any atom is -0.362 e. The molecular formula is C23H33N3O3. The molecule has 2 heterocycles. The van der Waals surface area contributed by atoms with Crippen molar-refractivity contribution in [2.45, 2.75) is 64.1 Å². The molecule has 3 amide bonds. The van der Waals surface area contributed by atoms with Crippen molar-refractivity contribution in [2.75, 3.05) is 25.0 Å². The molecule has 0 unspecified atom stereocenters. The summed E-state index contributed by atoms with van der Waals surface area (Å²) in [5, 5.41) is 6.12. The number of urea groups is 1. The summed E-state index contributed by atoms with van der Waals surface area (Å²) in [6, 6.07) is 7.89. The number of hydrogen-bond acceptors (Lipinski definition) is 3. The van der Waals surface area contributed by atoms with Crippen LogP contribution in [0.1, 0.15) is 51.5 Å². The SMILES string of the molecule is CCc1ccccc1NC(=O)N1CC[C@]2(CC[C@@H](C(=O)NCC3CC3)O2)[C@H](C)C1. The Labute approximate surface area is 173 Å². The summed E-state index contributed by atoms with van der Waals surface area (Å²) in [7, 11) is 0. The molecular weight excluding hydrogens is 366 g/mol. The number of para-hydroxylation sites is 1. The third-order valence-electron chi connectivity index (χ3n) is 6.89. The van der Waals surface area contributed by atoms with Gasteiger partial charge in [0.15, 0.2) is 0 Å². The van der Waals surface area contributed by atoms with Gasteiger partial charge in [-0.25, -0.2) is 4.79 Å². The van der Waals surface area contributed by atoms with Crippen molar-refractivity contribution in [3.8, 4) is 0 Å². The number of rotatable bonds is 5. The van der Waals surface area contributed by atoms with Crippen LogP contribution in [0.3, 0.4) is 0 Å². The summed E-state index contributed by atoms with van der Waals surface area (Å²) in [4.78, 5) is 27.1. The van der Waals surface area contributed by atoms with Gasteiger partial charge in [-0.15, -0.1) is 0 Å². The normalized spacial score (nSPS) is 29.1. The van der Waals surface area contributed by atoms with Crippen LogP contribution < -0.4 is 10.6 Å². The van der Waals surface area contributed by atoms with Crippen LogP contribution in [-0.4, -0.2) is 48.2 Å². The Bertz CT molecular complexity index is 763. The molecule has 2 aliphatic heterocycles. The van der Waals surface area contributed by atoms with Gasteiger partial charge in [0.25, 0.3) is 0 Å². The highest BCUT2D eigenvalue weighted by Gasteiger charge is 2.49. The van der Waals surface area contributed by atoms with E-state index in [9.17, 15) is 9.59 Å². The Balaban J connectivity index is 1.32. The van der Waals surface area contributed by atoms with Crippen molar-refractivity contribution in [1.82, 2.24) is 10.2 Å². The number of piperidine rings is 1. The number of likely N-dealkylation sites (tertiary alicyclic amines) is 1. The lowest BCUT2D eigenvalue weighted by Gasteiger charge is -2.44. The molecule has 3 aliphatic rings. The number of carbonyl (C=O) groups excluding carboxylic acids is 2. The molecule has 0 bridgehead atoms. The zero-order valence-electron chi connectivity index (χ0n) is 17.6. The lowest BCUT2D eigenvalue weighted by molar-refractivity contribution is -0.146. The van der Waals surface area contributed by atoms with E-state index in [-0.39, 0.29) is 29.6 Å². The Morgan fingerprint density at radius 3 is 2.72 bits per heavy atom. The van der Waals surface area contributed by atoms with Crippen molar-refractivity contribution in [2.24, 2.45) is 11.8 Å². The second kappa shape index (κ2) is 8.34. The maximum absolute atomic E-state index is 12.8. The van der Waals surface area contributed by atoms with Gasteiger partial charge in [-0.1, -0.05) is 32.0 Å². The van der Waals surface area contributed by atoms with Gasteiger partial charge in [-0.05, 0) is 56.1 Å². The highest BCUT2D eigenvalue weighted by molar-refractivity contribution is 5.90. The molecule has 1 aliphatic carbocycles. The van der Waals surface area contributed by atoms with Gasteiger partial charge in [-0.2, -0.15) is 0 Å². The van der Waals surface area contributed by atoms with E-state index in [1.54, 1.807) is 0 Å². The minimum atomic E-state index is -0.340. The maximum atomic E-state index is 12.8. The van der Waals surface area contributed by atoms with Crippen LogP contribution in [0, 0.1) is 11.8 Å². The van der Waals surface area contributed by atoms with E-state index in [2.05, 4.69) is 24.5 Å². The van der Waals surface area contributed by atoms with E-state index in [4.69, 9.17) is 4.74 Å². The average molecular weight is 400 g/mol.